The zero-order chi connectivity index (χ0) is 12.4. The summed E-state index contributed by atoms with van der Waals surface area (Å²) in [6.07, 6.45) is 12.0. The quantitative estimate of drug-likeness (QED) is 0.680. The minimum absolute atomic E-state index is 0.491. The van der Waals surface area contributed by atoms with Gasteiger partial charge in [0.25, 0.3) is 0 Å². The molecule has 0 heterocycles. The summed E-state index contributed by atoms with van der Waals surface area (Å²) in [6.45, 7) is 9.31. The zero-order valence-corrected chi connectivity index (χ0v) is 13.8. The molecule has 0 spiro atoms. The molecule has 0 aromatic heterocycles. The van der Waals surface area contributed by atoms with Gasteiger partial charge < -0.3 is 0 Å². The van der Waals surface area contributed by atoms with Crippen molar-refractivity contribution < 1.29 is 18.6 Å². The standard InChI is InChI=1S/2C8H11.Mo.2H/c2*1-7(2)8-5-3-4-6-8;;;/h2*3,5,7H,4H2,1-2H3;;;. The van der Waals surface area contributed by atoms with E-state index in [0.717, 1.165) is 0 Å². The summed E-state index contributed by atoms with van der Waals surface area (Å²) in [4.78, 5) is 0. The Hall–Kier alpha value is -0.352. The van der Waals surface area contributed by atoms with Gasteiger partial charge in [0.2, 0.25) is 0 Å². The molecule has 1 heteroatoms. The Morgan fingerprint density at radius 1 is 0.824 bits per heavy atom. The van der Waals surface area contributed by atoms with Crippen molar-refractivity contribution in [3.8, 4) is 0 Å². The summed E-state index contributed by atoms with van der Waals surface area (Å²) in [5.41, 5.74) is 3.30. The molecule has 0 aromatic rings. The molecule has 2 aliphatic carbocycles. The number of hydrogen-bond acceptors (Lipinski definition) is 0. The summed E-state index contributed by atoms with van der Waals surface area (Å²) in [7, 11) is 0. The van der Waals surface area contributed by atoms with E-state index in [9.17, 15) is 0 Å². The van der Waals surface area contributed by atoms with Crippen molar-refractivity contribution in [1.29, 1.82) is 0 Å². The Morgan fingerprint density at radius 3 is 1.59 bits per heavy atom. The molecule has 0 N–H and O–H groups in total. The van der Waals surface area contributed by atoms with Gasteiger partial charge in [-0.3, -0.25) is 0 Å². The summed E-state index contributed by atoms with van der Waals surface area (Å²) >= 11 is -0.491. The van der Waals surface area contributed by atoms with Gasteiger partial charge in [-0.15, -0.1) is 0 Å². The fourth-order valence-electron chi connectivity index (χ4n) is 2.55. The first-order valence-corrected chi connectivity index (χ1v) is 9.11. The van der Waals surface area contributed by atoms with Crippen LogP contribution in [0.15, 0.2) is 43.4 Å². The first kappa shape index (κ1) is 13.1. The molecule has 0 radical (unpaired) electrons. The third kappa shape index (κ3) is 2.91. The van der Waals surface area contributed by atoms with Crippen molar-refractivity contribution in [3.63, 3.8) is 0 Å². The Bertz CT molecular complexity index is 377. The van der Waals surface area contributed by atoms with Gasteiger partial charge in [0.1, 0.15) is 0 Å². The summed E-state index contributed by atoms with van der Waals surface area (Å²) < 4.78 is 3.64. The molecular formula is C16H24Mo. The normalized spacial score (nSPS) is 19.9. The van der Waals surface area contributed by atoms with Crippen LogP contribution in [0.2, 0.25) is 0 Å². The first-order chi connectivity index (χ1) is 8.09. The Kier molecular flexibility index (Phi) is 4.26. The van der Waals surface area contributed by atoms with Gasteiger partial charge in [-0.25, -0.2) is 0 Å². The molecule has 2 rings (SSSR count). The molecule has 17 heavy (non-hydrogen) atoms. The molecule has 0 amide bonds. The molecule has 0 atom stereocenters. The van der Waals surface area contributed by atoms with Crippen LogP contribution in [0.3, 0.4) is 0 Å². The minimum atomic E-state index is -0.491. The predicted molar refractivity (Wildman–Crippen MR) is 74.0 cm³/mol. The van der Waals surface area contributed by atoms with Crippen LogP contribution in [0.4, 0.5) is 0 Å². The summed E-state index contributed by atoms with van der Waals surface area (Å²) in [6, 6.07) is 0. The van der Waals surface area contributed by atoms with Crippen molar-refractivity contribution in [2.24, 2.45) is 11.8 Å². The van der Waals surface area contributed by atoms with Crippen LogP contribution < -0.4 is 0 Å². The fourth-order valence-corrected chi connectivity index (χ4v) is 7.07. The van der Waals surface area contributed by atoms with Crippen LogP contribution in [-0.4, -0.2) is 0 Å². The van der Waals surface area contributed by atoms with E-state index in [2.05, 4.69) is 52.0 Å². The van der Waals surface area contributed by atoms with Gasteiger partial charge in [-0.1, -0.05) is 0 Å². The van der Waals surface area contributed by atoms with E-state index in [0.29, 0.717) is 11.8 Å². The van der Waals surface area contributed by atoms with Crippen molar-refractivity contribution >= 4 is 0 Å². The van der Waals surface area contributed by atoms with E-state index < -0.39 is 18.6 Å². The topological polar surface area (TPSA) is 0 Å². The van der Waals surface area contributed by atoms with Crippen molar-refractivity contribution in [3.05, 3.63) is 43.4 Å². The van der Waals surface area contributed by atoms with Crippen LogP contribution in [0, 0.1) is 11.8 Å². The zero-order valence-electron chi connectivity index (χ0n) is 11.4. The SMILES string of the molecule is CC(C)C1=[C]([MoH2][C]2=C(C(C)C)C=CC2)CC=C1. The van der Waals surface area contributed by atoms with Crippen LogP contribution >= 0.6 is 0 Å². The first-order valence-electron chi connectivity index (χ1n) is 6.65. The van der Waals surface area contributed by atoms with E-state index in [1.807, 2.05) is 7.93 Å². The van der Waals surface area contributed by atoms with Gasteiger partial charge >= 0.3 is 114 Å². The Balaban J connectivity index is 2.18. The second kappa shape index (κ2) is 5.53. The molecule has 0 unspecified atom stereocenters. The fraction of sp³-hybridized carbons (Fsp3) is 0.500. The molecule has 0 aliphatic heterocycles. The number of rotatable bonds is 4. The van der Waals surface area contributed by atoms with E-state index in [1.165, 1.54) is 12.8 Å². The third-order valence-electron chi connectivity index (χ3n) is 3.48. The van der Waals surface area contributed by atoms with Crippen LogP contribution in [-0.2, 0) is 18.6 Å². The molecule has 2 aliphatic rings. The van der Waals surface area contributed by atoms with E-state index in [4.69, 9.17) is 0 Å². The summed E-state index contributed by atoms with van der Waals surface area (Å²) in [5.74, 6) is 1.42. The Labute approximate surface area is 114 Å². The maximum atomic E-state index is 2.37. The maximum absolute atomic E-state index is 2.37. The van der Waals surface area contributed by atoms with Gasteiger partial charge in [0.15, 0.2) is 0 Å². The summed E-state index contributed by atoms with van der Waals surface area (Å²) in [5, 5.41) is 0. The van der Waals surface area contributed by atoms with Gasteiger partial charge in [0.05, 0.1) is 0 Å². The van der Waals surface area contributed by atoms with E-state index in [1.54, 1.807) is 11.1 Å². The molecule has 0 aromatic carbocycles. The van der Waals surface area contributed by atoms with Crippen LogP contribution in [0.5, 0.6) is 0 Å². The molecule has 94 valence electrons. The molecule has 0 bridgehead atoms. The predicted octanol–water partition coefficient (Wildman–Crippen LogP) is 4.27. The van der Waals surface area contributed by atoms with Gasteiger partial charge in [0, 0.05) is 0 Å². The molecule has 0 saturated heterocycles. The number of hydrogen-bond donors (Lipinski definition) is 0. The molecular weight excluding hydrogens is 288 g/mol. The van der Waals surface area contributed by atoms with Crippen molar-refractivity contribution in [2.45, 2.75) is 40.5 Å². The van der Waals surface area contributed by atoms with Gasteiger partial charge in [-0.2, -0.15) is 0 Å². The van der Waals surface area contributed by atoms with Gasteiger partial charge in [-0.05, 0) is 0 Å². The monoisotopic (exact) mass is 314 g/mol. The van der Waals surface area contributed by atoms with Crippen molar-refractivity contribution in [1.82, 2.24) is 0 Å². The molecule has 0 saturated carbocycles. The number of allylic oxidation sites excluding steroid dienone is 8. The second-order valence-corrected chi connectivity index (χ2v) is 9.10. The van der Waals surface area contributed by atoms with Crippen molar-refractivity contribution in [2.75, 3.05) is 0 Å². The van der Waals surface area contributed by atoms with Crippen LogP contribution in [0.1, 0.15) is 40.5 Å². The second-order valence-electron chi connectivity index (χ2n) is 5.52. The average Bonchev–Trinajstić information content (AvgIpc) is 2.86. The van der Waals surface area contributed by atoms with E-state index >= 15 is 0 Å². The molecule has 0 nitrogen and oxygen atoms in total. The van der Waals surface area contributed by atoms with Crippen LogP contribution in [0.25, 0.3) is 0 Å². The molecule has 0 fully saturated rings. The Morgan fingerprint density at radius 2 is 1.24 bits per heavy atom. The van der Waals surface area contributed by atoms with E-state index in [-0.39, 0.29) is 0 Å². The average molecular weight is 312 g/mol. The third-order valence-corrected chi connectivity index (χ3v) is 7.39.